The predicted octanol–water partition coefficient (Wildman–Crippen LogP) is 3.46. The molecule has 0 radical (unpaired) electrons. The summed E-state index contributed by atoms with van der Waals surface area (Å²) in [5.74, 6) is 0. The van der Waals surface area contributed by atoms with Crippen LogP contribution in [0.4, 0.5) is 0 Å². The third-order valence-electron chi connectivity index (χ3n) is 4.12. The minimum Gasteiger partial charge on any atom is -0.298 e. The van der Waals surface area contributed by atoms with Crippen LogP contribution in [-0.4, -0.2) is 28.0 Å². The maximum absolute atomic E-state index is 4.52. The van der Waals surface area contributed by atoms with Crippen LogP contribution in [0.15, 0.2) is 17.1 Å². The van der Waals surface area contributed by atoms with Crippen molar-refractivity contribution in [3.63, 3.8) is 0 Å². The Morgan fingerprint density at radius 3 is 2.63 bits per heavy atom. The zero-order chi connectivity index (χ0) is 13.3. The molecule has 0 saturated carbocycles. The minimum atomic E-state index is 0.285. The van der Waals surface area contributed by atoms with Crippen LogP contribution in [0, 0.1) is 6.92 Å². The van der Waals surface area contributed by atoms with E-state index in [4.69, 9.17) is 0 Å². The van der Waals surface area contributed by atoms with Crippen LogP contribution >= 0.6 is 22.7 Å². The molecule has 0 aromatic carbocycles. The van der Waals surface area contributed by atoms with Gasteiger partial charge >= 0.3 is 0 Å². The summed E-state index contributed by atoms with van der Waals surface area (Å²) in [6, 6.07) is 0. The summed E-state index contributed by atoms with van der Waals surface area (Å²) in [4.78, 5) is 12.8. The van der Waals surface area contributed by atoms with Gasteiger partial charge in [0.05, 0.1) is 16.2 Å². The first-order chi connectivity index (χ1) is 9.17. The number of hydrogen-bond donors (Lipinski definition) is 0. The molecule has 3 heterocycles. The third kappa shape index (κ3) is 2.73. The van der Waals surface area contributed by atoms with Crippen molar-refractivity contribution in [3.05, 3.63) is 32.7 Å². The number of aromatic nitrogens is 2. The van der Waals surface area contributed by atoms with Crippen LogP contribution in [0.2, 0.25) is 0 Å². The van der Waals surface area contributed by atoms with Gasteiger partial charge in [0.25, 0.3) is 0 Å². The Balaban J connectivity index is 1.62. The first-order valence-electron chi connectivity index (χ1n) is 6.69. The molecule has 3 nitrogen and oxygen atoms in total. The fourth-order valence-electron chi connectivity index (χ4n) is 2.62. The Bertz CT molecular complexity index is 525. The fourth-order valence-corrected chi connectivity index (χ4v) is 4.30. The van der Waals surface area contributed by atoms with Crippen LogP contribution in [-0.2, 0) is 12.0 Å². The number of rotatable bonds is 3. The second-order valence-electron chi connectivity index (χ2n) is 5.54. The van der Waals surface area contributed by atoms with E-state index in [1.54, 1.807) is 22.7 Å². The topological polar surface area (TPSA) is 29.0 Å². The van der Waals surface area contributed by atoms with Gasteiger partial charge in [-0.1, -0.05) is 6.92 Å². The maximum atomic E-state index is 4.52. The van der Waals surface area contributed by atoms with Crippen LogP contribution < -0.4 is 0 Å². The van der Waals surface area contributed by atoms with E-state index >= 15 is 0 Å². The van der Waals surface area contributed by atoms with Gasteiger partial charge in [0.2, 0.25) is 0 Å². The van der Waals surface area contributed by atoms with Crippen molar-refractivity contribution in [2.24, 2.45) is 0 Å². The van der Waals surface area contributed by atoms with Crippen LogP contribution in [0.3, 0.4) is 0 Å². The molecule has 0 bridgehead atoms. The molecule has 2 aromatic heterocycles. The largest absolute Gasteiger partial charge is 0.298 e. The Hall–Kier alpha value is -0.780. The summed E-state index contributed by atoms with van der Waals surface area (Å²) in [7, 11) is 0. The standard InChI is InChI=1S/C14H19N3S2/c1-11-12(19-10-16-11)9-17-6-3-14(2,4-7-17)13-15-5-8-18-13/h5,8,10H,3-4,6-7,9H2,1-2H3. The summed E-state index contributed by atoms with van der Waals surface area (Å²) in [5, 5.41) is 3.40. The molecule has 0 aliphatic carbocycles. The van der Waals surface area contributed by atoms with Gasteiger partial charge in [-0.25, -0.2) is 9.97 Å². The predicted molar refractivity (Wildman–Crippen MR) is 80.8 cm³/mol. The summed E-state index contributed by atoms with van der Waals surface area (Å²) in [6.07, 6.45) is 4.34. The second-order valence-corrected chi connectivity index (χ2v) is 7.37. The van der Waals surface area contributed by atoms with E-state index in [-0.39, 0.29) is 5.41 Å². The Morgan fingerprint density at radius 2 is 2.05 bits per heavy atom. The number of likely N-dealkylation sites (tertiary alicyclic amines) is 1. The fraction of sp³-hybridized carbons (Fsp3) is 0.571. The molecule has 102 valence electrons. The van der Waals surface area contributed by atoms with Gasteiger partial charge in [0.15, 0.2) is 0 Å². The van der Waals surface area contributed by atoms with Gasteiger partial charge in [-0.3, -0.25) is 4.90 Å². The van der Waals surface area contributed by atoms with Crippen molar-refractivity contribution < 1.29 is 0 Å². The van der Waals surface area contributed by atoms with Gasteiger partial charge in [-0.05, 0) is 32.9 Å². The molecule has 1 fully saturated rings. The lowest BCUT2D eigenvalue weighted by Gasteiger charge is -2.38. The number of nitrogens with zero attached hydrogens (tertiary/aromatic N) is 3. The van der Waals surface area contributed by atoms with Crippen molar-refractivity contribution in [2.75, 3.05) is 13.1 Å². The molecule has 19 heavy (non-hydrogen) atoms. The zero-order valence-corrected chi connectivity index (χ0v) is 13.1. The molecule has 1 aliphatic heterocycles. The number of piperidine rings is 1. The molecule has 0 spiro atoms. The van der Waals surface area contributed by atoms with E-state index in [9.17, 15) is 0 Å². The second kappa shape index (κ2) is 5.31. The Kier molecular flexibility index (Phi) is 3.69. The Labute approximate surface area is 122 Å². The average molecular weight is 293 g/mol. The van der Waals surface area contributed by atoms with Crippen molar-refractivity contribution in [3.8, 4) is 0 Å². The van der Waals surface area contributed by atoms with Gasteiger partial charge in [-0.15, -0.1) is 22.7 Å². The summed E-state index contributed by atoms with van der Waals surface area (Å²) in [6.45, 7) is 7.85. The molecule has 1 aliphatic rings. The summed E-state index contributed by atoms with van der Waals surface area (Å²) >= 11 is 3.58. The quantitative estimate of drug-likeness (QED) is 0.868. The van der Waals surface area contributed by atoms with Gasteiger partial charge in [0.1, 0.15) is 0 Å². The molecule has 0 amide bonds. The number of thiazole rings is 2. The van der Waals surface area contributed by atoms with Crippen molar-refractivity contribution in [1.82, 2.24) is 14.9 Å². The van der Waals surface area contributed by atoms with E-state index in [1.165, 1.54) is 28.4 Å². The molecule has 0 atom stereocenters. The van der Waals surface area contributed by atoms with Gasteiger partial charge < -0.3 is 0 Å². The van der Waals surface area contributed by atoms with E-state index in [1.807, 2.05) is 11.7 Å². The van der Waals surface area contributed by atoms with E-state index in [0.717, 1.165) is 19.6 Å². The highest BCUT2D eigenvalue weighted by molar-refractivity contribution is 7.10. The van der Waals surface area contributed by atoms with Crippen molar-refractivity contribution >= 4 is 22.7 Å². The lowest BCUT2D eigenvalue weighted by molar-refractivity contribution is 0.163. The maximum Gasteiger partial charge on any atom is 0.0984 e. The number of aryl methyl sites for hydroxylation is 1. The van der Waals surface area contributed by atoms with Crippen LogP contribution in [0.1, 0.15) is 35.3 Å². The lowest BCUT2D eigenvalue weighted by Crippen LogP contribution is -2.40. The van der Waals surface area contributed by atoms with Gasteiger partial charge in [0, 0.05) is 28.4 Å². The summed E-state index contributed by atoms with van der Waals surface area (Å²) in [5.41, 5.74) is 3.43. The SMILES string of the molecule is Cc1ncsc1CN1CCC(C)(c2nccs2)CC1. The normalized spacial score (nSPS) is 19.7. The van der Waals surface area contributed by atoms with E-state index in [2.05, 4.69) is 34.1 Å². The molecule has 3 rings (SSSR count). The molecular weight excluding hydrogens is 274 g/mol. The van der Waals surface area contributed by atoms with Crippen molar-refractivity contribution in [1.29, 1.82) is 0 Å². The van der Waals surface area contributed by atoms with Crippen LogP contribution in [0.25, 0.3) is 0 Å². The molecule has 1 saturated heterocycles. The highest BCUT2D eigenvalue weighted by Gasteiger charge is 2.33. The van der Waals surface area contributed by atoms with E-state index in [0.29, 0.717) is 0 Å². The number of hydrogen-bond acceptors (Lipinski definition) is 5. The zero-order valence-electron chi connectivity index (χ0n) is 11.4. The Morgan fingerprint density at radius 1 is 1.26 bits per heavy atom. The third-order valence-corrected chi connectivity index (χ3v) is 6.12. The molecule has 0 N–H and O–H groups in total. The molecule has 5 heteroatoms. The molecule has 0 unspecified atom stereocenters. The highest BCUT2D eigenvalue weighted by atomic mass is 32.1. The average Bonchev–Trinajstić information content (AvgIpc) is 3.05. The first kappa shape index (κ1) is 13.2. The van der Waals surface area contributed by atoms with Crippen LogP contribution in [0.5, 0.6) is 0 Å². The first-order valence-corrected chi connectivity index (χ1v) is 8.45. The molecule has 2 aromatic rings. The smallest absolute Gasteiger partial charge is 0.0984 e. The lowest BCUT2D eigenvalue weighted by atomic mass is 9.81. The highest BCUT2D eigenvalue weighted by Crippen LogP contribution is 2.36. The van der Waals surface area contributed by atoms with Crippen molar-refractivity contribution in [2.45, 2.75) is 38.6 Å². The van der Waals surface area contributed by atoms with Gasteiger partial charge in [-0.2, -0.15) is 0 Å². The minimum absolute atomic E-state index is 0.285. The monoisotopic (exact) mass is 293 g/mol. The van der Waals surface area contributed by atoms with E-state index < -0.39 is 0 Å². The summed E-state index contributed by atoms with van der Waals surface area (Å²) < 4.78 is 0. The molecular formula is C14H19N3S2.